The first-order valence-electron chi connectivity index (χ1n) is 16.6. The lowest BCUT2D eigenvalue weighted by atomic mass is 9.67. The van der Waals surface area contributed by atoms with Gasteiger partial charge in [-0.05, 0) is 37.5 Å². The summed E-state index contributed by atoms with van der Waals surface area (Å²) in [5, 5.41) is 23.0. The van der Waals surface area contributed by atoms with Gasteiger partial charge in [0.1, 0.15) is 0 Å². The van der Waals surface area contributed by atoms with Gasteiger partial charge in [0.25, 0.3) is 0 Å². The predicted octanol–water partition coefficient (Wildman–Crippen LogP) is 5.67. The molecule has 250 valence electrons. The molecule has 0 radical (unpaired) electrons. The second-order valence-corrected chi connectivity index (χ2v) is 13.3. The zero-order chi connectivity index (χ0) is 35.6. The minimum Gasteiger partial charge on any atom is -0.369 e. The molecule has 1 aliphatic carbocycles. The Hall–Kier alpha value is -5.66. The van der Waals surface area contributed by atoms with E-state index in [2.05, 4.69) is 23.7 Å². The molecule has 5 heterocycles. The van der Waals surface area contributed by atoms with E-state index in [1.165, 1.54) is 0 Å². The number of carbonyl (C=O) groups excluding carboxylic acids is 2. The third-order valence-corrected chi connectivity index (χ3v) is 10.5. The fourth-order valence-corrected chi connectivity index (χ4v) is 6.96. The quantitative estimate of drug-likeness (QED) is 0.219. The summed E-state index contributed by atoms with van der Waals surface area (Å²) in [6, 6.07) is 37.1. The molecule has 5 aliphatic heterocycles. The minimum absolute atomic E-state index is 0.0937. The van der Waals surface area contributed by atoms with Crippen LogP contribution in [0, 0.1) is 35.5 Å². The number of hydrogen-bond donors (Lipinski definition) is 2. The number of nitrogens with zero attached hydrogens (tertiary/aromatic N) is 2. The van der Waals surface area contributed by atoms with Crippen LogP contribution in [0.3, 0.4) is 0 Å². The van der Waals surface area contributed by atoms with Crippen LogP contribution in [-0.4, -0.2) is 57.0 Å². The molecule has 0 aromatic heterocycles. The highest BCUT2D eigenvalue weighted by atomic mass is 16.3. The van der Waals surface area contributed by atoms with Crippen molar-refractivity contribution in [3.8, 4) is 23.7 Å². The Morgan fingerprint density at radius 2 is 0.780 bits per heavy atom. The van der Waals surface area contributed by atoms with Gasteiger partial charge in [-0.25, -0.2) is 0 Å². The van der Waals surface area contributed by atoms with Crippen molar-refractivity contribution < 1.29 is 19.8 Å². The number of benzene rings is 4. The van der Waals surface area contributed by atoms with E-state index in [0.717, 1.165) is 0 Å². The lowest BCUT2D eigenvalue weighted by Crippen LogP contribution is -2.69. The summed E-state index contributed by atoms with van der Waals surface area (Å²) in [7, 11) is 3.59. The van der Waals surface area contributed by atoms with Gasteiger partial charge in [0.2, 0.25) is 11.8 Å². The molecule has 0 saturated carbocycles. The van der Waals surface area contributed by atoms with Gasteiger partial charge >= 0.3 is 0 Å². The number of likely N-dealkylation sites (N-methyl/N-ethyl adjacent to an activating group) is 2. The summed E-state index contributed by atoms with van der Waals surface area (Å²) in [5.74, 6) is 11.1. The highest BCUT2D eigenvalue weighted by molar-refractivity contribution is 5.93. The molecule has 6 heteroatoms. The van der Waals surface area contributed by atoms with Gasteiger partial charge in [-0.3, -0.25) is 9.59 Å². The fourth-order valence-electron chi connectivity index (χ4n) is 6.96. The van der Waals surface area contributed by atoms with Crippen molar-refractivity contribution in [2.75, 3.05) is 14.1 Å². The van der Waals surface area contributed by atoms with Crippen molar-refractivity contribution >= 4 is 11.8 Å². The van der Waals surface area contributed by atoms with Crippen LogP contribution in [0.15, 0.2) is 146 Å². The SMILES string of the molecule is CN1C(=O)[C@@H]2C=C[C@@]1(C)[C@@H]1C=C[C@@]2(C)N(C)C1=O.OC(C#CC#CC(O)(c1ccccc1)c1ccccc1)(c1ccccc1)c1ccccc1. The number of carbonyl (C=O) groups is 2. The zero-order valence-electron chi connectivity index (χ0n) is 28.6. The molecular formula is C44H40N2O4. The van der Waals surface area contributed by atoms with Crippen LogP contribution >= 0.6 is 0 Å². The highest BCUT2D eigenvalue weighted by Gasteiger charge is 2.57. The van der Waals surface area contributed by atoms with Crippen molar-refractivity contribution in [2.45, 2.75) is 36.1 Å². The van der Waals surface area contributed by atoms with Crippen LogP contribution in [0.4, 0.5) is 0 Å². The van der Waals surface area contributed by atoms with Gasteiger partial charge in [-0.15, -0.1) is 0 Å². The van der Waals surface area contributed by atoms with Crippen molar-refractivity contribution in [2.24, 2.45) is 11.8 Å². The third kappa shape index (κ3) is 5.84. The number of aliphatic hydroxyl groups is 2. The molecule has 6 nitrogen and oxygen atoms in total. The first-order chi connectivity index (χ1) is 23.9. The lowest BCUT2D eigenvalue weighted by Gasteiger charge is -2.56. The Morgan fingerprint density at radius 3 is 1.04 bits per heavy atom. The summed E-state index contributed by atoms with van der Waals surface area (Å²) < 4.78 is 0. The van der Waals surface area contributed by atoms with E-state index in [0.29, 0.717) is 22.3 Å². The Bertz CT molecular complexity index is 1820. The van der Waals surface area contributed by atoms with Gasteiger partial charge in [-0.1, -0.05) is 146 Å². The van der Waals surface area contributed by atoms with E-state index in [1.807, 2.05) is 159 Å². The Labute approximate surface area is 294 Å². The molecule has 4 aromatic rings. The van der Waals surface area contributed by atoms with Gasteiger partial charge in [-0.2, -0.15) is 0 Å². The maximum Gasteiger partial charge on any atom is 0.232 e. The average molecular weight is 661 g/mol. The molecule has 2 amide bonds. The van der Waals surface area contributed by atoms with E-state index < -0.39 is 22.3 Å². The van der Waals surface area contributed by atoms with Gasteiger partial charge in [0, 0.05) is 36.3 Å². The standard InChI is InChI=1S/C30H22O2.C14H18N2O2/c31-29(25-15-5-1-6-16-25,26-17-7-2-8-18-26)23-13-14-24-30(32,27-19-9-3-10-20-27)28-21-11-4-12-22-28;1-13-7-5-10(12(18)15(13)3)14(2)8-6-9(13)11(17)16(14)4/h1-12,15-22,31-32H;5-10H,1-4H3/t;9-,10+,13+,14-. The molecule has 4 aromatic carbocycles. The summed E-state index contributed by atoms with van der Waals surface area (Å²) in [5.41, 5.74) is -1.51. The number of hydrogen-bond acceptors (Lipinski definition) is 4. The Kier molecular flexibility index (Phi) is 9.12. The van der Waals surface area contributed by atoms with Gasteiger partial charge in [0.05, 0.1) is 22.9 Å². The van der Waals surface area contributed by atoms with Gasteiger partial charge < -0.3 is 20.0 Å². The first kappa shape index (κ1) is 34.2. The average Bonchev–Trinajstić information content (AvgIpc) is 3.15. The molecular weight excluding hydrogens is 620 g/mol. The normalized spacial score (nSPS) is 23.5. The van der Waals surface area contributed by atoms with Crippen LogP contribution in [0.5, 0.6) is 0 Å². The minimum atomic E-state index is -1.52. The molecule has 4 bridgehead atoms. The summed E-state index contributed by atoms with van der Waals surface area (Å²) in [6.45, 7) is 3.90. The predicted molar refractivity (Wildman–Crippen MR) is 195 cm³/mol. The number of amides is 2. The molecule has 50 heavy (non-hydrogen) atoms. The maximum absolute atomic E-state index is 12.5. The summed E-state index contributed by atoms with van der Waals surface area (Å²) in [6.07, 6.45) is 8.00. The molecule has 0 spiro atoms. The topological polar surface area (TPSA) is 81.1 Å². The molecule has 10 rings (SSSR count). The van der Waals surface area contributed by atoms with Crippen molar-refractivity contribution in [1.29, 1.82) is 0 Å². The van der Waals surface area contributed by atoms with Crippen molar-refractivity contribution in [1.82, 2.24) is 9.80 Å². The van der Waals surface area contributed by atoms with E-state index in [9.17, 15) is 19.8 Å². The Balaban J connectivity index is 0.000000202. The molecule has 1 fully saturated rings. The zero-order valence-corrected chi connectivity index (χ0v) is 28.6. The monoisotopic (exact) mass is 660 g/mol. The van der Waals surface area contributed by atoms with Crippen molar-refractivity contribution in [3.05, 3.63) is 168 Å². The van der Waals surface area contributed by atoms with E-state index in [-0.39, 0.29) is 23.7 Å². The highest BCUT2D eigenvalue weighted by Crippen LogP contribution is 2.46. The largest absolute Gasteiger partial charge is 0.369 e. The molecule has 0 unspecified atom stereocenters. The third-order valence-electron chi connectivity index (χ3n) is 10.5. The molecule has 1 saturated heterocycles. The molecule has 6 aliphatic rings. The van der Waals surface area contributed by atoms with Gasteiger partial charge in [0.15, 0.2) is 11.2 Å². The van der Waals surface area contributed by atoms with Crippen LogP contribution < -0.4 is 0 Å². The summed E-state index contributed by atoms with van der Waals surface area (Å²) >= 11 is 0. The second kappa shape index (κ2) is 13.3. The molecule has 4 atom stereocenters. The smallest absolute Gasteiger partial charge is 0.232 e. The van der Waals surface area contributed by atoms with E-state index in [4.69, 9.17) is 0 Å². The number of rotatable bonds is 4. The van der Waals surface area contributed by atoms with Crippen LogP contribution in [0.1, 0.15) is 36.1 Å². The first-order valence-corrected chi connectivity index (χ1v) is 16.6. The van der Waals surface area contributed by atoms with Crippen LogP contribution in [0.25, 0.3) is 0 Å². The fraction of sp³-hybridized carbons (Fsp3) is 0.227. The van der Waals surface area contributed by atoms with Crippen LogP contribution in [-0.2, 0) is 20.8 Å². The lowest BCUT2D eigenvalue weighted by molar-refractivity contribution is -0.157. The van der Waals surface area contributed by atoms with Crippen LogP contribution in [0.2, 0.25) is 0 Å². The molecule has 2 N–H and O–H groups in total. The van der Waals surface area contributed by atoms with E-state index >= 15 is 0 Å². The second-order valence-electron chi connectivity index (χ2n) is 13.3. The summed E-state index contributed by atoms with van der Waals surface area (Å²) in [4.78, 5) is 28.5. The van der Waals surface area contributed by atoms with E-state index in [1.54, 1.807) is 23.9 Å². The maximum atomic E-state index is 12.5. The Morgan fingerprint density at radius 1 is 0.520 bits per heavy atom. The van der Waals surface area contributed by atoms with Crippen molar-refractivity contribution in [3.63, 3.8) is 0 Å².